The SMILES string of the molecule is Cc1cc(C(C)(C)C)cc(C)c1Cn1cc(C(F)(F)F)cc(Cl)c1=O. The van der Waals surface area contributed by atoms with Crippen LogP contribution in [0.3, 0.4) is 0 Å². The average molecular weight is 372 g/mol. The second-order valence-electron chi connectivity index (χ2n) is 7.35. The van der Waals surface area contributed by atoms with Gasteiger partial charge in [-0.25, -0.2) is 0 Å². The largest absolute Gasteiger partial charge is 0.417 e. The molecule has 0 aliphatic carbocycles. The van der Waals surface area contributed by atoms with Gasteiger partial charge in [-0.3, -0.25) is 4.79 Å². The predicted molar refractivity (Wildman–Crippen MR) is 94.4 cm³/mol. The summed E-state index contributed by atoms with van der Waals surface area (Å²) in [7, 11) is 0. The maximum absolute atomic E-state index is 13.0. The van der Waals surface area contributed by atoms with Gasteiger partial charge in [-0.15, -0.1) is 0 Å². The van der Waals surface area contributed by atoms with Crippen molar-refractivity contribution >= 4 is 11.6 Å². The van der Waals surface area contributed by atoms with Crippen molar-refractivity contribution in [2.24, 2.45) is 0 Å². The van der Waals surface area contributed by atoms with E-state index in [1.165, 1.54) is 0 Å². The number of pyridine rings is 1. The van der Waals surface area contributed by atoms with Crippen LogP contribution in [0.25, 0.3) is 0 Å². The highest BCUT2D eigenvalue weighted by Crippen LogP contribution is 2.30. The number of hydrogen-bond acceptors (Lipinski definition) is 1. The molecule has 1 aromatic carbocycles. The van der Waals surface area contributed by atoms with Crippen molar-refractivity contribution in [3.8, 4) is 0 Å². The fourth-order valence-corrected chi connectivity index (χ4v) is 2.94. The number of alkyl halides is 3. The molecule has 6 heteroatoms. The Kier molecular flexibility index (Phi) is 5.11. The summed E-state index contributed by atoms with van der Waals surface area (Å²) in [4.78, 5) is 12.2. The Bertz CT molecular complexity index is 837. The van der Waals surface area contributed by atoms with E-state index >= 15 is 0 Å². The fraction of sp³-hybridized carbons (Fsp3) is 0.421. The lowest BCUT2D eigenvalue weighted by Gasteiger charge is -2.23. The molecule has 0 amide bonds. The van der Waals surface area contributed by atoms with E-state index in [2.05, 4.69) is 20.8 Å². The Labute approximate surface area is 150 Å². The number of aromatic nitrogens is 1. The molecular formula is C19H21ClF3NO. The number of nitrogens with zero attached hydrogens (tertiary/aromatic N) is 1. The third-order valence-corrected chi connectivity index (χ3v) is 4.53. The molecule has 136 valence electrons. The van der Waals surface area contributed by atoms with E-state index in [0.717, 1.165) is 33.0 Å². The van der Waals surface area contributed by atoms with E-state index in [-0.39, 0.29) is 12.0 Å². The molecule has 0 radical (unpaired) electrons. The third kappa shape index (κ3) is 4.27. The number of halogens is 4. The standard InChI is InChI=1S/C19H21ClF3NO/c1-11-6-13(18(3,4)5)7-12(2)15(11)10-24-9-14(19(21,22)23)8-16(20)17(24)25/h6-9H,10H2,1-5H3. The van der Waals surface area contributed by atoms with E-state index in [0.29, 0.717) is 6.07 Å². The first-order valence-electron chi connectivity index (χ1n) is 7.88. The Morgan fingerprint density at radius 1 is 1.00 bits per heavy atom. The van der Waals surface area contributed by atoms with Crippen LogP contribution in [0.5, 0.6) is 0 Å². The quantitative estimate of drug-likeness (QED) is 0.684. The van der Waals surface area contributed by atoms with Crippen molar-refractivity contribution in [1.29, 1.82) is 0 Å². The van der Waals surface area contributed by atoms with Gasteiger partial charge >= 0.3 is 6.18 Å². The normalized spacial score (nSPS) is 12.5. The number of hydrogen-bond donors (Lipinski definition) is 0. The highest BCUT2D eigenvalue weighted by molar-refractivity contribution is 6.30. The van der Waals surface area contributed by atoms with Crippen LogP contribution < -0.4 is 5.56 Å². The zero-order valence-corrected chi connectivity index (χ0v) is 15.6. The molecule has 2 rings (SSSR count). The molecule has 1 heterocycles. The Hall–Kier alpha value is -1.75. The maximum Gasteiger partial charge on any atom is 0.417 e. The topological polar surface area (TPSA) is 22.0 Å². The zero-order valence-electron chi connectivity index (χ0n) is 14.9. The highest BCUT2D eigenvalue weighted by atomic mass is 35.5. The first kappa shape index (κ1) is 19.6. The average Bonchev–Trinajstić information content (AvgIpc) is 2.44. The summed E-state index contributed by atoms with van der Waals surface area (Å²) in [6, 6.07) is 4.70. The van der Waals surface area contributed by atoms with Crippen LogP contribution in [0.4, 0.5) is 13.2 Å². The first-order chi connectivity index (χ1) is 11.3. The summed E-state index contributed by atoms with van der Waals surface area (Å²) in [5, 5.41) is -0.434. The van der Waals surface area contributed by atoms with E-state index in [9.17, 15) is 18.0 Å². The molecule has 0 aliphatic rings. The Morgan fingerprint density at radius 2 is 1.52 bits per heavy atom. The van der Waals surface area contributed by atoms with Gasteiger partial charge in [0, 0.05) is 6.20 Å². The minimum Gasteiger partial charge on any atom is -0.309 e. The summed E-state index contributed by atoms with van der Waals surface area (Å²) in [5.74, 6) is 0. The molecule has 0 saturated carbocycles. The predicted octanol–water partition coefficient (Wildman–Crippen LogP) is 5.48. The van der Waals surface area contributed by atoms with Gasteiger partial charge in [0.2, 0.25) is 0 Å². The molecule has 0 N–H and O–H groups in total. The highest BCUT2D eigenvalue weighted by Gasteiger charge is 2.32. The fourth-order valence-electron chi connectivity index (χ4n) is 2.72. The third-order valence-electron chi connectivity index (χ3n) is 4.26. The molecule has 0 fully saturated rings. The second kappa shape index (κ2) is 6.52. The van der Waals surface area contributed by atoms with Gasteiger partial charge in [-0.05, 0) is 47.6 Å². The van der Waals surface area contributed by atoms with Gasteiger partial charge in [0.05, 0.1) is 12.1 Å². The molecule has 0 atom stereocenters. The molecule has 2 aromatic rings. The summed E-state index contributed by atoms with van der Waals surface area (Å²) in [6.07, 6.45) is -3.73. The zero-order chi connectivity index (χ0) is 19.2. The molecule has 0 bridgehead atoms. The minimum absolute atomic E-state index is 0.0373. The van der Waals surface area contributed by atoms with Crippen molar-refractivity contribution in [2.45, 2.75) is 52.8 Å². The van der Waals surface area contributed by atoms with Crippen LogP contribution >= 0.6 is 11.6 Å². The van der Waals surface area contributed by atoms with Crippen LogP contribution in [0.15, 0.2) is 29.2 Å². The van der Waals surface area contributed by atoms with Gasteiger partial charge in [0.25, 0.3) is 5.56 Å². The monoisotopic (exact) mass is 371 g/mol. The summed E-state index contributed by atoms with van der Waals surface area (Å²) in [5.41, 5.74) is 2.23. The van der Waals surface area contributed by atoms with Crippen LogP contribution in [0.1, 0.15) is 48.6 Å². The summed E-state index contributed by atoms with van der Waals surface area (Å²) < 4.78 is 40.0. The maximum atomic E-state index is 13.0. The lowest BCUT2D eigenvalue weighted by Crippen LogP contribution is -2.24. The Morgan fingerprint density at radius 3 is 1.96 bits per heavy atom. The molecule has 0 spiro atoms. The lowest BCUT2D eigenvalue weighted by atomic mass is 9.84. The Balaban J connectivity index is 2.54. The van der Waals surface area contributed by atoms with Crippen LogP contribution in [-0.2, 0) is 18.1 Å². The number of aryl methyl sites for hydroxylation is 2. The second-order valence-corrected chi connectivity index (χ2v) is 7.75. The molecule has 1 aromatic heterocycles. The molecular weight excluding hydrogens is 351 g/mol. The van der Waals surface area contributed by atoms with Gasteiger partial charge in [0.15, 0.2) is 0 Å². The molecule has 2 nitrogen and oxygen atoms in total. The van der Waals surface area contributed by atoms with Crippen LogP contribution in [-0.4, -0.2) is 4.57 Å². The van der Waals surface area contributed by atoms with E-state index in [1.807, 2.05) is 26.0 Å². The van der Waals surface area contributed by atoms with Crippen molar-refractivity contribution in [3.63, 3.8) is 0 Å². The van der Waals surface area contributed by atoms with E-state index in [1.54, 1.807) is 0 Å². The summed E-state index contributed by atoms with van der Waals surface area (Å²) >= 11 is 5.72. The lowest BCUT2D eigenvalue weighted by molar-refractivity contribution is -0.138. The van der Waals surface area contributed by atoms with Crippen molar-refractivity contribution in [3.05, 3.63) is 67.6 Å². The van der Waals surface area contributed by atoms with Gasteiger partial charge in [-0.1, -0.05) is 44.5 Å². The van der Waals surface area contributed by atoms with Crippen molar-refractivity contribution in [1.82, 2.24) is 4.57 Å². The minimum atomic E-state index is -4.56. The van der Waals surface area contributed by atoms with Crippen LogP contribution in [0, 0.1) is 13.8 Å². The van der Waals surface area contributed by atoms with Crippen molar-refractivity contribution in [2.75, 3.05) is 0 Å². The summed E-state index contributed by atoms with van der Waals surface area (Å²) in [6.45, 7) is 10.1. The molecule has 0 unspecified atom stereocenters. The molecule has 0 aliphatic heterocycles. The molecule has 0 saturated heterocycles. The van der Waals surface area contributed by atoms with Gasteiger partial charge < -0.3 is 4.57 Å². The van der Waals surface area contributed by atoms with Gasteiger partial charge in [0.1, 0.15) is 5.02 Å². The first-order valence-corrected chi connectivity index (χ1v) is 8.26. The smallest absolute Gasteiger partial charge is 0.309 e. The van der Waals surface area contributed by atoms with Gasteiger partial charge in [-0.2, -0.15) is 13.2 Å². The van der Waals surface area contributed by atoms with E-state index in [4.69, 9.17) is 11.6 Å². The van der Waals surface area contributed by atoms with Crippen molar-refractivity contribution < 1.29 is 13.2 Å². The number of benzene rings is 1. The van der Waals surface area contributed by atoms with Crippen LogP contribution in [0.2, 0.25) is 5.02 Å². The number of rotatable bonds is 2. The van der Waals surface area contributed by atoms with E-state index < -0.39 is 22.3 Å². The molecule has 25 heavy (non-hydrogen) atoms.